The standard InChI is InChI=1S/C21H18ClN3O5/c22-14-6-7-16-13(8-14)9-15(20(27)28)19(24-16)25-17(21(29)30)10-18(26)23-11-12-4-2-1-3-5-12/h1-9,17H,10-11H2,(H,23,26)(H,24,25)(H,27,28)(H,29,30). The highest BCUT2D eigenvalue weighted by atomic mass is 35.5. The molecule has 9 heteroatoms. The Bertz CT molecular complexity index is 1100. The number of anilines is 1. The Kier molecular flexibility index (Phi) is 6.48. The quantitative estimate of drug-likeness (QED) is 0.434. The van der Waals surface area contributed by atoms with Crippen LogP contribution in [0.3, 0.4) is 0 Å². The van der Waals surface area contributed by atoms with Crippen molar-refractivity contribution in [3.63, 3.8) is 0 Å². The molecule has 1 atom stereocenters. The Morgan fingerprint density at radius 3 is 2.43 bits per heavy atom. The minimum absolute atomic E-state index is 0.138. The second kappa shape index (κ2) is 9.23. The molecule has 0 saturated heterocycles. The first-order chi connectivity index (χ1) is 14.3. The van der Waals surface area contributed by atoms with Crippen LogP contribution in [0.25, 0.3) is 10.9 Å². The van der Waals surface area contributed by atoms with Crippen LogP contribution in [0, 0.1) is 0 Å². The summed E-state index contributed by atoms with van der Waals surface area (Å²) >= 11 is 5.93. The van der Waals surface area contributed by atoms with Gasteiger partial charge >= 0.3 is 11.9 Å². The van der Waals surface area contributed by atoms with E-state index in [2.05, 4.69) is 15.6 Å². The van der Waals surface area contributed by atoms with E-state index in [0.717, 1.165) is 5.56 Å². The first-order valence-electron chi connectivity index (χ1n) is 8.97. The van der Waals surface area contributed by atoms with E-state index >= 15 is 0 Å². The molecule has 0 saturated carbocycles. The third-order valence-electron chi connectivity index (χ3n) is 4.34. The molecule has 0 bridgehead atoms. The number of carbonyl (C=O) groups is 3. The molecule has 1 unspecified atom stereocenters. The molecule has 0 fully saturated rings. The molecular formula is C21H18ClN3O5. The number of nitrogens with one attached hydrogen (secondary N) is 2. The summed E-state index contributed by atoms with van der Waals surface area (Å²) in [4.78, 5) is 39.8. The van der Waals surface area contributed by atoms with Crippen molar-refractivity contribution in [2.24, 2.45) is 0 Å². The van der Waals surface area contributed by atoms with Gasteiger partial charge < -0.3 is 20.8 Å². The average Bonchev–Trinajstić information content (AvgIpc) is 2.72. The molecule has 30 heavy (non-hydrogen) atoms. The lowest BCUT2D eigenvalue weighted by atomic mass is 10.1. The number of aromatic nitrogens is 1. The predicted octanol–water partition coefficient (Wildman–Crippen LogP) is 3.16. The fraction of sp³-hybridized carbons (Fsp3) is 0.143. The number of rotatable bonds is 8. The van der Waals surface area contributed by atoms with Crippen molar-refractivity contribution in [1.82, 2.24) is 10.3 Å². The lowest BCUT2D eigenvalue weighted by molar-refractivity contribution is -0.139. The molecule has 1 heterocycles. The van der Waals surface area contributed by atoms with Crippen LogP contribution in [-0.4, -0.2) is 39.1 Å². The smallest absolute Gasteiger partial charge is 0.339 e. The molecule has 8 nitrogen and oxygen atoms in total. The number of amides is 1. The third-order valence-corrected chi connectivity index (χ3v) is 4.57. The van der Waals surface area contributed by atoms with Gasteiger partial charge in [-0.05, 0) is 29.8 Å². The molecule has 3 aromatic rings. The van der Waals surface area contributed by atoms with Crippen LogP contribution in [0.15, 0.2) is 54.6 Å². The number of halogens is 1. The lowest BCUT2D eigenvalue weighted by Crippen LogP contribution is -2.36. The first kappa shape index (κ1) is 21.1. The number of carbonyl (C=O) groups excluding carboxylic acids is 1. The first-order valence-corrected chi connectivity index (χ1v) is 9.35. The number of aromatic carboxylic acids is 1. The van der Waals surface area contributed by atoms with Crippen LogP contribution in [0.5, 0.6) is 0 Å². The molecule has 0 radical (unpaired) electrons. The largest absolute Gasteiger partial charge is 0.480 e. The maximum atomic E-state index is 12.2. The van der Waals surface area contributed by atoms with Gasteiger partial charge in [0, 0.05) is 17.0 Å². The maximum absolute atomic E-state index is 12.2. The van der Waals surface area contributed by atoms with Crippen molar-refractivity contribution in [1.29, 1.82) is 0 Å². The van der Waals surface area contributed by atoms with Crippen molar-refractivity contribution in [3.8, 4) is 0 Å². The minimum Gasteiger partial charge on any atom is -0.480 e. The molecule has 3 rings (SSSR count). The summed E-state index contributed by atoms with van der Waals surface area (Å²) in [5, 5.41) is 25.2. The summed E-state index contributed by atoms with van der Waals surface area (Å²) < 4.78 is 0. The van der Waals surface area contributed by atoms with Gasteiger partial charge in [-0.25, -0.2) is 14.6 Å². The third kappa shape index (κ3) is 5.24. The molecule has 0 aliphatic heterocycles. The number of pyridine rings is 1. The number of carboxylic acids is 2. The van der Waals surface area contributed by atoms with Crippen molar-refractivity contribution in [2.75, 3.05) is 5.32 Å². The van der Waals surface area contributed by atoms with E-state index in [4.69, 9.17) is 11.6 Å². The van der Waals surface area contributed by atoms with Crippen LogP contribution in [0.2, 0.25) is 5.02 Å². The Hall–Kier alpha value is -3.65. The minimum atomic E-state index is -1.36. The molecule has 1 amide bonds. The zero-order valence-corrected chi connectivity index (χ0v) is 16.4. The van der Waals surface area contributed by atoms with Gasteiger partial charge in [-0.2, -0.15) is 0 Å². The summed E-state index contributed by atoms with van der Waals surface area (Å²) in [6.45, 7) is 0.251. The predicted molar refractivity (Wildman–Crippen MR) is 112 cm³/mol. The van der Waals surface area contributed by atoms with E-state index in [1.807, 2.05) is 30.3 Å². The Morgan fingerprint density at radius 1 is 1.03 bits per heavy atom. The summed E-state index contributed by atoms with van der Waals surface area (Å²) in [6, 6.07) is 13.9. The zero-order valence-electron chi connectivity index (χ0n) is 15.6. The van der Waals surface area contributed by atoms with Crippen LogP contribution in [0.1, 0.15) is 22.3 Å². The van der Waals surface area contributed by atoms with E-state index in [0.29, 0.717) is 15.9 Å². The SMILES string of the molecule is O=C(CC(Nc1nc2ccc(Cl)cc2cc1C(=O)O)C(=O)O)NCc1ccccc1. The van der Waals surface area contributed by atoms with Crippen molar-refractivity contribution in [2.45, 2.75) is 19.0 Å². The highest BCUT2D eigenvalue weighted by Gasteiger charge is 2.24. The van der Waals surface area contributed by atoms with Gasteiger partial charge in [0.2, 0.25) is 5.91 Å². The Labute approximate surface area is 176 Å². The lowest BCUT2D eigenvalue weighted by Gasteiger charge is -2.17. The van der Waals surface area contributed by atoms with Crippen LogP contribution in [0.4, 0.5) is 5.82 Å². The molecule has 154 valence electrons. The van der Waals surface area contributed by atoms with E-state index in [-0.39, 0.29) is 17.9 Å². The van der Waals surface area contributed by atoms with Gasteiger partial charge in [0.1, 0.15) is 17.4 Å². The van der Waals surface area contributed by atoms with E-state index in [1.165, 1.54) is 6.07 Å². The van der Waals surface area contributed by atoms with Gasteiger partial charge in [-0.15, -0.1) is 0 Å². The van der Waals surface area contributed by atoms with Gasteiger partial charge in [0.15, 0.2) is 0 Å². The van der Waals surface area contributed by atoms with Crippen molar-refractivity contribution < 1.29 is 24.6 Å². The number of nitrogens with zero attached hydrogens (tertiary/aromatic N) is 1. The second-order valence-electron chi connectivity index (χ2n) is 6.53. The van der Waals surface area contributed by atoms with Crippen LogP contribution in [-0.2, 0) is 16.1 Å². The monoisotopic (exact) mass is 427 g/mol. The molecular weight excluding hydrogens is 410 g/mol. The fourth-order valence-electron chi connectivity index (χ4n) is 2.84. The molecule has 0 spiro atoms. The molecule has 4 N–H and O–H groups in total. The molecule has 1 aromatic heterocycles. The zero-order chi connectivity index (χ0) is 21.7. The average molecular weight is 428 g/mol. The molecule has 0 aliphatic rings. The number of hydrogen-bond acceptors (Lipinski definition) is 5. The van der Waals surface area contributed by atoms with Crippen LogP contribution >= 0.6 is 11.6 Å². The number of hydrogen-bond donors (Lipinski definition) is 4. The topological polar surface area (TPSA) is 129 Å². The van der Waals surface area contributed by atoms with E-state index < -0.39 is 30.3 Å². The van der Waals surface area contributed by atoms with E-state index in [9.17, 15) is 24.6 Å². The highest BCUT2D eigenvalue weighted by molar-refractivity contribution is 6.31. The second-order valence-corrected chi connectivity index (χ2v) is 6.96. The Balaban J connectivity index is 1.78. The molecule has 2 aromatic carbocycles. The number of fused-ring (bicyclic) bond motifs is 1. The summed E-state index contributed by atoms with van der Waals surface area (Å²) in [6.07, 6.45) is -0.401. The number of benzene rings is 2. The van der Waals surface area contributed by atoms with Crippen LogP contribution < -0.4 is 10.6 Å². The van der Waals surface area contributed by atoms with Gasteiger partial charge in [-0.1, -0.05) is 41.9 Å². The van der Waals surface area contributed by atoms with Gasteiger partial charge in [-0.3, -0.25) is 4.79 Å². The summed E-state index contributed by atoms with van der Waals surface area (Å²) in [5.74, 6) is -3.23. The normalized spacial score (nSPS) is 11.6. The van der Waals surface area contributed by atoms with E-state index in [1.54, 1.807) is 18.2 Å². The highest BCUT2D eigenvalue weighted by Crippen LogP contribution is 2.24. The molecule has 0 aliphatic carbocycles. The summed E-state index contributed by atoms with van der Waals surface area (Å²) in [7, 11) is 0. The summed E-state index contributed by atoms with van der Waals surface area (Å²) in [5.41, 5.74) is 1.08. The van der Waals surface area contributed by atoms with Gasteiger partial charge in [0.05, 0.1) is 11.9 Å². The Morgan fingerprint density at radius 2 is 1.77 bits per heavy atom. The fourth-order valence-corrected chi connectivity index (χ4v) is 3.02. The van der Waals surface area contributed by atoms with Crippen molar-refractivity contribution >= 4 is 46.2 Å². The van der Waals surface area contributed by atoms with Gasteiger partial charge in [0.25, 0.3) is 0 Å². The van der Waals surface area contributed by atoms with Crippen molar-refractivity contribution in [3.05, 3.63) is 70.7 Å². The maximum Gasteiger partial charge on any atom is 0.339 e. The number of carboxylic acid groups (broad SMARTS) is 2. The number of aliphatic carboxylic acids is 1.